The Bertz CT molecular complexity index is 875. The van der Waals surface area contributed by atoms with Crippen LogP contribution >= 0.6 is 0 Å². The molecular weight excluding hydrogens is 382 g/mol. The second-order valence-corrected chi connectivity index (χ2v) is 10.2. The van der Waals surface area contributed by atoms with E-state index in [1.807, 2.05) is 12.1 Å². The molecule has 0 aromatic heterocycles. The second kappa shape index (κ2) is 9.58. The average molecular weight is 422 g/mol. The fraction of sp³-hybridized carbons (Fsp3) is 0.500. The lowest BCUT2D eigenvalue weighted by molar-refractivity contribution is 0.000461. The van der Waals surface area contributed by atoms with Gasteiger partial charge in [0.25, 0.3) is 0 Å². The molecule has 1 aliphatic rings. The van der Waals surface area contributed by atoms with Crippen molar-refractivity contribution in [1.29, 1.82) is 0 Å². The molecule has 31 heavy (non-hydrogen) atoms. The van der Waals surface area contributed by atoms with Crippen molar-refractivity contribution >= 4 is 6.08 Å². The maximum atomic E-state index is 12.4. The van der Waals surface area contributed by atoms with E-state index in [1.54, 1.807) is 7.11 Å². The van der Waals surface area contributed by atoms with Crippen molar-refractivity contribution in [3.8, 4) is 5.75 Å². The van der Waals surface area contributed by atoms with Crippen molar-refractivity contribution in [2.24, 2.45) is 5.92 Å². The van der Waals surface area contributed by atoms with Crippen LogP contribution in [0.4, 0.5) is 0 Å². The van der Waals surface area contributed by atoms with Gasteiger partial charge in [-0.05, 0) is 73.2 Å². The Hall–Kier alpha value is -2.10. The first-order valence-electron chi connectivity index (χ1n) is 11.5. The molecule has 0 aliphatic heterocycles. The number of ether oxygens (including phenoxy) is 1. The van der Waals surface area contributed by atoms with Crippen LogP contribution < -0.4 is 4.74 Å². The molecular formula is C28H39NO2. The van der Waals surface area contributed by atoms with Crippen molar-refractivity contribution in [3.63, 3.8) is 0 Å². The minimum atomic E-state index is -0.975. The average Bonchev–Trinajstić information content (AvgIpc) is 2.88. The molecule has 3 heteroatoms. The van der Waals surface area contributed by atoms with Gasteiger partial charge in [-0.2, -0.15) is 0 Å². The number of benzene rings is 2. The third-order valence-corrected chi connectivity index (χ3v) is 6.56. The first kappa shape index (κ1) is 23.6. The number of aliphatic hydroxyl groups is 1. The van der Waals surface area contributed by atoms with E-state index in [4.69, 9.17) is 4.74 Å². The highest BCUT2D eigenvalue weighted by Gasteiger charge is 2.43. The fourth-order valence-electron chi connectivity index (χ4n) is 4.76. The normalized spacial score (nSPS) is 23.7. The molecule has 2 aromatic rings. The molecule has 0 spiro atoms. The van der Waals surface area contributed by atoms with Gasteiger partial charge in [-0.15, -0.1) is 0 Å². The highest BCUT2D eigenvalue weighted by molar-refractivity contribution is 5.58. The van der Waals surface area contributed by atoms with E-state index in [2.05, 4.69) is 82.2 Å². The molecule has 2 unspecified atom stereocenters. The Morgan fingerprint density at radius 1 is 1.03 bits per heavy atom. The van der Waals surface area contributed by atoms with Gasteiger partial charge in [0.2, 0.25) is 0 Å². The molecule has 2 aromatic carbocycles. The molecule has 0 radical (unpaired) electrons. The zero-order valence-corrected chi connectivity index (χ0v) is 20.1. The minimum Gasteiger partial charge on any atom is -0.497 e. The lowest BCUT2D eigenvalue weighted by Crippen LogP contribution is -2.41. The summed E-state index contributed by atoms with van der Waals surface area (Å²) in [4.78, 5) is 2.20. The molecule has 1 saturated carbocycles. The minimum absolute atomic E-state index is 0.0927. The number of hydrogen-bond acceptors (Lipinski definition) is 3. The summed E-state index contributed by atoms with van der Waals surface area (Å²) in [5, 5.41) is 12.4. The predicted molar refractivity (Wildman–Crippen MR) is 131 cm³/mol. The van der Waals surface area contributed by atoms with Crippen LogP contribution in [0.25, 0.3) is 6.08 Å². The molecule has 1 fully saturated rings. The summed E-state index contributed by atoms with van der Waals surface area (Å²) in [6.45, 7) is 7.54. The zero-order valence-electron chi connectivity index (χ0n) is 20.1. The fourth-order valence-corrected chi connectivity index (χ4v) is 4.76. The van der Waals surface area contributed by atoms with Gasteiger partial charge in [-0.3, -0.25) is 0 Å². The van der Waals surface area contributed by atoms with E-state index in [1.165, 1.54) is 5.56 Å². The number of rotatable bonds is 5. The van der Waals surface area contributed by atoms with Crippen LogP contribution in [0.5, 0.6) is 5.75 Å². The summed E-state index contributed by atoms with van der Waals surface area (Å²) >= 11 is 0. The molecule has 1 N–H and O–H groups in total. The molecule has 168 valence electrons. The molecule has 0 bridgehead atoms. The maximum absolute atomic E-state index is 12.4. The lowest BCUT2D eigenvalue weighted by Gasteiger charge is -2.39. The van der Waals surface area contributed by atoms with Crippen molar-refractivity contribution < 1.29 is 9.84 Å². The third kappa shape index (κ3) is 5.39. The number of hydrogen-bond donors (Lipinski definition) is 1. The summed E-state index contributed by atoms with van der Waals surface area (Å²) in [6.07, 6.45) is 6.38. The standard InChI is InChI=1S/C28H39NO2/c1-27(2,3)22-13-15-23(16-14-22)28(30)24(9-7-8-10-25(28)20-29(4)5)19-21-11-17-26(31-6)18-12-21/h11-19,25,30H,7-10,20H2,1-6H3. The van der Waals surface area contributed by atoms with E-state index in [-0.39, 0.29) is 11.3 Å². The van der Waals surface area contributed by atoms with Gasteiger partial charge in [0.05, 0.1) is 7.11 Å². The third-order valence-electron chi connectivity index (χ3n) is 6.56. The molecule has 0 saturated heterocycles. The topological polar surface area (TPSA) is 32.7 Å². The van der Waals surface area contributed by atoms with Gasteiger partial charge >= 0.3 is 0 Å². The molecule has 3 nitrogen and oxygen atoms in total. The van der Waals surface area contributed by atoms with Gasteiger partial charge in [-0.1, -0.05) is 69.7 Å². The quantitative estimate of drug-likeness (QED) is 0.600. The Balaban J connectivity index is 2.10. The Labute approximate surface area is 188 Å². The second-order valence-electron chi connectivity index (χ2n) is 10.2. The lowest BCUT2D eigenvalue weighted by atomic mass is 9.73. The smallest absolute Gasteiger partial charge is 0.118 e. The Kier molecular flexibility index (Phi) is 7.28. The summed E-state index contributed by atoms with van der Waals surface area (Å²) in [7, 11) is 5.88. The van der Waals surface area contributed by atoms with E-state index < -0.39 is 5.60 Å². The highest BCUT2D eigenvalue weighted by Crippen LogP contribution is 2.45. The van der Waals surface area contributed by atoms with Gasteiger partial charge in [0, 0.05) is 12.5 Å². The van der Waals surface area contributed by atoms with Gasteiger partial charge in [-0.25, -0.2) is 0 Å². The molecule has 3 rings (SSSR count). The van der Waals surface area contributed by atoms with Crippen molar-refractivity contribution in [1.82, 2.24) is 4.90 Å². The summed E-state index contributed by atoms with van der Waals surface area (Å²) in [6, 6.07) is 16.8. The van der Waals surface area contributed by atoms with Gasteiger partial charge in [0.1, 0.15) is 11.4 Å². The van der Waals surface area contributed by atoms with Crippen LogP contribution in [0.2, 0.25) is 0 Å². The van der Waals surface area contributed by atoms with Crippen LogP contribution in [0.1, 0.15) is 63.1 Å². The van der Waals surface area contributed by atoms with E-state index >= 15 is 0 Å². The van der Waals surface area contributed by atoms with Crippen LogP contribution in [-0.2, 0) is 11.0 Å². The van der Waals surface area contributed by atoms with E-state index in [0.29, 0.717) is 0 Å². The van der Waals surface area contributed by atoms with E-state index in [9.17, 15) is 5.11 Å². The van der Waals surface area contributed by atoms with Crippen LogP contribution in [-0.4, -0.2) is 37.8 Å². The van der Waals surface area contributed by atoms with Gasteiger partial charge in [0.15, 0.2) is 0 Å². The predicted octanol–water partition coefficient (Wildman–Crippen LogP) is 6.02. The van der Waals surface area contributed by atoms with Crippen molar-refractivity contribution in [2.45, 2.75) is 57.5 Å². The Morgan fingerprint density at radius 3 is 2.23 bits per heavy atom. The molecule has 0 heterocycles. The van der Waals surface area contributed by atoms with Gasteiger partial charge < -0.3 is 14.7 Å². The maximum Gasteiger partial charge on any atom is 0.118 e. The monoisotopic (exact) mass is 421 g/mol. The first-order valence-corrected chi connectivity index (χ1v) is 11.5. The van der Waals surface area contributed by atoms with E-state index in [0.717, 1.165) is 54.7 Å². The Morgan fingerprint density at radius 2 is 1.68 bits per heavy atom. The van der Waals surface area contributed by atoms with Crippen LogP contribution in [0.15, 0.2) is 54.1 Å². The zero-order chi connectivity index (χ0) is 22.6. The molecule has 2 atom stereocenters. The van der Waals surface area contributed by atoms with Crippen molar-refractivity contribution in [3.05, 3.63) is 70.8 Å². The molecule has 1 aliphatic carbocycles. The first-order chi connectivity index (χ1) is 14.6. The summed E-state index contributed by atoms with van der Waals surface area (Å²) < 4.78 is 5.31. The van der Waals surface area contributed by atoms with Crippen LogP contribution in [0.3, 0.4) is 0 Å². The number of nitrogens with zero attached hydrogens (tertiary/aromatic N) is 1. The van der Waals surface area contributed by atoms with Crippen LogP contribution in [0, 0.1) is 5.92 Å². The SMILES string of the molecule is COc1ccc(C=C2CCCCC(CN(C)C)C2(O)c2ccc(C(C)(C)C)cc2)cc1. The summed E-state index contributed by atoms with van der Waals surface area (Å²) in [5.41, 5.74) is 3.64. The summed E-state index contributed by atoms with van der Waals surface area (Å²) in [5.74, 6) is 0.997. The number of methoxy groups -OCH3 is 1. The highest BCUT2D eigenvalue weighted by atomic mass is 16.5. The largest absolute Gasteiger partial charge is 0.497 e. The molecule has 0 amide bonds. The van der Waals surface area contributed by atoms with Crippen molar-refractivity contribution in [2.75, 3.05) is 27.7 Å².